The van der Waals surface area contributed by atoms with Crippen molar-refractivity contribution in [3.8, 4) is 0 Å². The van der Waals surface area contributed by atoms with Gasteiger partial charge in [-0.05, 0) is 42.7 Å². The normalized spacial score (nSPS) is 17.3. The number of imide groups is 1. The Balaban J connectivity index is 1.50. The molecule has 8 heteroatoms. The van der Waals surface area contributed by atoms with E-state index in [0.717, 1.165) is 5.82 Å². The molecule has 2 aromatic rings. The van der Waals surface area contributed by atoms with Gasteiger partial charge in [0.25, 0.3) is 11.8 Å². The molecule has 3 heterocycles. The second-order valence-corrected chi connectivity index (χ2v) is 8.31. The Morgan fingerprint density at radius 1 is 1.00 bits per heavy atom. The number of hydrogen-bond acceptors (Lipinski definition) is 6. The smallest absolute Gasteiger partial charge is 0.262 e. The Morgan fingerprint density at radius 2 is 1.63 bits per heavy atom. The van der Waals surface area contributed by atoms with E-state index in [1.54, 1.807) is 47.1 Å². The molecular formula is C22H24N4O3S. The van der Waals surface area contributed by atoms with Gasteiger partial charge in [0.2, 0.25) is 5.91 Å². The molecule has 156 valence electrons. The Bertz CT molecular complexity index is 909. The first-order valence-corrected chi connectivity index (χ1v) is 11.4. The number of piperazine rings is 1. The number of amides is 3. The van der Waals surface area contributed by atoms with Crippen molar-refractivity contribution in [2.45, 2.75) is 12.5 Å². The molecule has 1 aromatic heterocycles. The number of carbonyl (C=O) groups is 3. The summed E-state index contributed by atoms with van der Waals surface area (Å²) in [5.74, 6) is 0.685. The summed E-state index contributed by atoms with van der Waals surface area (Å²) in [6, 6.07) is 11.8. The molecule has 4 rings (SSSR count). The first kappa shape index (κ1) is 20.4. The van der Waals surface area contributed by atoms with Gasteiger partial charge < -0.3 is 9.80 Å². The molecule has 0 N–H and O–H groups in total. The molecular weight excluding hydrogens is 400 g/mol. The third-order valence-corrected chi connectivity index (χ3v) is 6.23. The maximum Gasteiger partial charge on any atom is 0.262 e. The van der Waals surface area contributed by atoms with Gasteiger partial charge in [0, 0.05) is 32.4 Å². The van der Waals surface area contributed by atoms with Crippen molar-refractivity contribution in [3.05, 3.63) is 59.8 Å². The number of pyridine rings is 1. The molecule has 1 unspecified atom stereocenters. The van der Waals surface area contributed by atoms with Crippen molar-refractivity contribution < 1.29 is 14.4 Å². The Kier molecular flexibility index (Phi) is 6.03. The second-order valence-electron chi connectivity index (χ2n) is 7.32. The number of rotatable bonds is 6. The van der Waals surface area contributed by atoms with Gasteiger partial charge in [-0.3, -0.25) is 19.3 Å². The van der Waals surface area contributed by atoms with Gasteiger partial charge >= 0.3 is 0 Å². The molecule has 30 heavy (non-hydrogen) atoms. The van der Waals surface area contributed by atoms with Crippen LogP contribution in [0.1, 0.15) is 27.1 Å². The van der Waals surface area contributed by atoms with Crippen molar-refractivity contribution in [1.29, 1.82) is 0 Å². The highest BCUT2D eigenvalue weighted by atomic mass is 32.2. The van der Waals surface area contributed by atoms with Gasteiger partial charge in [-0.1, -0.05) is 18.2 Å². The zero-order chi connectivity index (χ0) is 21.1. The van der Waals surface area contributed by atoms with E-state index >= 15 is 0 Å². The number of carbonyl (C=O) groups excluding carboxylic acids is 3. The summed E-state index contributed by atoms with van der Waals surface area (Å²) in [6.45, 7) is 2.41. The molecule has 2 aliphatic heterocycles. The predicted molar refractivity (Wildman–Crippen MR) is 117 cm³/mol. The van der Waals surface area contributed by atoms with Crippen molar-refractivity contribution >= 4 is 35.3 Å². The van der Waals surface area contributed by atoms with Gasteiger partial charge in [-0.25, -0.2) is 4.98 Å². The first-order chi connectivity index (χ1) is 14.6. The van der Waals surface area contributed by atoms with E-state index in [2.05, 4.69) is 9.88 Å². The topological polar surface area (TPSA) is 73.8 Å². The Hall–Kier alpha value is -2.87. The maximum absolute atomic E-state index is 13.4. The highest BCUT2D eigenvalue weighted by Gasteiger charge is 2.43. The fraction of sp³-hybridized carbons (Fsp3) is 0.364. The van der Waals surface area contributed by atoms with Crippen LogP contribution in [0.15, 0.2) is 48.7 Å². The number of aromatic nitrogens is 1. The molecule has 3 amide bonds. The molecule has 0 saturated carbocycles. The summed E-state index contributed by atoms with van der Waals surface area (Å²) in [7, 11) is 0. The average molecular weight is 425 g/mol. The standard InChI is InChI=1S/C22H24N4O3S/c1-30-15-9-18(26-20(27)16-6-2-3-7-17(16)21(26)28)22(29)25-13-11-24(12-14-25)19-8-4-5-10-23-19/h2-8,10,18H,9,11-15H2,1H3. The van der Waals surface area contributed by atoms with Gasteiger partial charge in [0.05, 0.1) is 11.1 Å². The second kappa shape index (κ2) is 8.87. The highest BCUT2D eigenvalue weighted by molar-refractivity contribution is 7.98. The Morgan fingerprint density at radius 3 is 2.20 bits per heavy atom. The monoisotopic (exact) mass is 424 g/mol. The minimum Gasteiger partial charge on any atom is -0.353 e. The van der Waals surface area contributed by atoms with Crippen LogP contribution in [0.25, 0.3) is 0 Å². The van der Waals surface area contributed by atoms with Gasteiger partial charge in [0.1, 0.15) is 11.9 Å². The third-order valence-electron chi connectivity index (χ3n) is 5.58. The highest BCUT2D eigenvalue weighted by Crippen LogP contribution is 2.27. The van der Waals surface area contributed by atoms with Crippen LogP contribution in [0.3, 0.4) is 0 Å². The van der Waals surface area contributed by atoms with Crippen molar-refractivity contribution in [1.82, 2.24) is 14.8 Å². The van der Waals surface area contributed by atoms with Crippen molar-refractivity contribution in [2.75, 3.05) is 43.1 Å². The molecule has 0 bridgehead atoms. The first-order valence-electron chi connectivity index (χ1n) is 10.0. The van der Waals surface area contributed by atoms with E-state index in [0.29, 0.717) is 49.5 Å². The lowest BCUT2D eigenvalue weighted by atomic mass is 10.1. The molecule has 1 fully saturated rings. The quantitative estimate of drug-likeness (QED) is 0.662. The van der Waals surface area contributed by atoms with E-state index < -0.39 is 6.04 Å². The molecule has 1 aromatic carbocycles. The summed E-state index contributed by atoms with van der Waals surface area (Å²) < 4.78 is 0. The number of thioether (sulfide) groups is 1. The number of anilines is 1. The van der Waals surface area contributed by atoms with Gasteiger partial charge in [0.15, 0.2) is 0 Å². The van der Waals surface area contributed by atoms with E-state index in [-0.39, 0.29) is 17.7 Å². The average Bonchev–Trinajstić information content (AvgIpc) is 3.05. The summed E-state index contributed by atoms with van der Waals surface area (Å²) >= 11 is 1.60. The number of benzene rings is 1. The number of fused-ring (bicyclic) bond motifs is 1. The van der Waals surface area contributed by atoms with E-state index in [1.807, 2.05) is 24.5 Å². The number of nitrogens with zero attached hydrogens (tertiary/aromatic N) is 4. The summed E-state index contributed by atoms with van der Waals surface area (Å²) in [4.78, 5) is 48.8. The summed E-state index contributed by atoms with van der Waals surface area (Å²) in [5.41, 5.74) is 0.758. The Labute approximate surface area is 180 Å². The van der Waals surface area contributed by atoms with Crippen LogP contribution < -0.4 is 4.90 Å². The van der Waals surface area contributed by atoms with Gasteiger partial charge in [-0.2, -0.15) is 11.8 Å². The van der Waals surface area contributed by atoms with Crippen LogP contribution >= 0.6 is 11.8 Å². The van der Waals surface area contributed by atoms with Crippen LogP contribution in [0, 0.1) is 0 Å². The zero-order valence-corrected chi connectivity index (χ0v) is 17.7. The van der Waals surface area contributed by atoms with E-state index in [1.165, 1.54) is 4.90 Å². The molecule has 1 saturated heterocycles. The molecule has 1 atom stereocenters. The molecule has 0 radical (unpaired) electrons. The number of hydrogen-bond donors (Lipinski definition) is 0. The summed E-state index contributed by atoms with van der Waals surface area (Å²) in [5, 5.41) is 0. The van der Waals surface area contributed by atoms with Gasteiger partial charge in [-0.15, -0.1) is 0 Å². The lowest BCUT2D eigenvalue weighted by Gasteiger charge is -2.38. The lowest BCUT2D eigenvalue weighted by molar-refractivity contribution is -0.135. The lowest BCUT2D eigenvalue weighted by Crippen LogP contribution is -2.56. The van der Waals surface area contributed by atoms with E-state index in [4.69, 9.17) is 0 Å². The fourth-order valence-corrected chi connectivity index (χ4v) is 4.45. The SMILES string of the molecule is CSCCC(C(=O)N1CCN(c2ccccn2)CC1)N1C(=O)c2ccccc2C1=O. The largest absolute Gasteiger partial charge is 0.353 e. The minimum atomic E-state index is -0.772. The maximum atomic E-state index is 13.4. The molecule has 0 spiro atoms. The summed E-state index contributed by atoms with van der Waals surface area (Å²) in [6.07, 6.45) is 4.16. The molecule has 0 aliphatic carbocycles. The van der Waals surface area contributed by atoms with Crippen molar-refractivity contribution in [2.24, 2.45) is 0 Å². The van der Waals surface area contributed by atoms with Crippen LogP contribution in [-0.4, -0.2) is 76.7 Å². The third kappa shape index (κ3) is 3.79. The minimum absolute atomic E-state index is 0.153. The zero-order valence-electron chi connectivity index (χ0n) is 16.9. The molecule has 7 nitrogen and oxygen atoms in total. The van der Waals surface area contributed by atoms with E-state index in [9.17, 15) is 14.4 Å². The van der Waals surface area contributed by atoms with Crippen LogP contribution in [0.2, 0.25) is 0 Å². The predicted octanol–water partition coefficient (Wildman–Crippen LogP) is 2.15. The van der Waals surface area contributed by atoms with Crippen LogP contribution in [0.5, 0.6) is 0 Å². The molecule has 2 aliphatic rings. The van der Waals surface area contributed by atoms with Crippen molar-refractivity contribution in [3.63, 3.8) is 0 Å². The van der Waals surface area contributed by atoms with Crippen LogP contribution in [0.4, 0.5) is 5.82 Å². The van der Waals surface area contributed by atoms with Crippen LogP contribution in [-0.2, 0) is 4.79 Å². The fourth-order valence-electron chi connectivity index (χ4n) is 3.99.